The van der Waals surface area contributed by atoms with Crippen LogP contribution in [0.4, 0.5) is 0 Å². The quantitative estimate of drug-likeness (QED) is 0.726. The molecule has 0 atom stereocenters. The number of carbonyl (C=O) groups excluding carboxylic acids is 1. The summed E-state index contributed by atoms with van der Waals surface area (Å²) in [6.07, 6.45) is 0. The molecule has 1 aromatic heterocycles. The van der Waals surface area contributed by atoms with Crippen molar-refractivity contribution in [3.8, 4) is 11.3 Å². The van der Waals surface area contributed by atoms with Gasteiger partial charge in [0.05, 0.1) is 23.9 Å². The van der Waals surface area contributed by atoms with Gasteiger partial charge in [-0.25, -0.2) is 9.59 Å². The number of H-pyrrole nitrogens is 1. The molecule has 0 radical (unpaired) electrons. The number of nitrogens with one attached hydrogen (secondary N) is 1. The maximum Gasteiger partial charge on any atom is 0.340 e. The summed E-state index contributed by atoms with van der Waals surface area (Å²) in [4.78, 5) is 26.7. The number of para-hydroxylation sites is 1. The normalized spacial score (nSPS) is 10.6. The first kappa shape index (κ1) is 13.9. The van der Waals surface area contributed by atoms with Crippen LogP contribution in [0.25, 0.3) is 22.2 Å². The van der Waals surface area contributed by atoms with Crippen molar-refractivity contribution < 1.29 is 19.4 Å². The summed E-state index contributed by atoms with van der Waals surface area (Å²) < 4.78 is 4.86. The van der Waals surface area contributed by atoms with Crippen LogP contribution < -0.4 is 0 Å². The van der Waals surface area contributed by atoms with Crippen LogP contribution in [0.3, 0.4) is 0 Å². The van der Waals surface area contributed by atoms with Crippen molar-refractivity contribution in [1.29, 1.82) is 0 Å². The second-order valence-corrected chi connectivity index (χ2v) is 4.76. The molecule has 5 heteroatoms. The van der Waals surface area contributed by atoms with Gasteiger partial charge in [-0.05, 0) is 12.1 Å². The van der Waals surface area contributed by atoms with Gasteiger partial charge in [0.15, 0.2) is 0 Å². The number of benzene rings is 2. The fraction of sp³-hybridized carbons (Fsp3) is 0.0588. The van der Waals surface area contributed by atoms with Crippen molar-refractivity contribution in [1.82, 2.24) is 4.98 Å². The molecule has 0 saturated carbocycles. The number of hydrogen-bond donors (Lipinski definition) is 2. The maximum absolute atomic E-state index is 12.2. The Balaban J connectivity index is 2.36. The minimum Gasteiger partial charge on any atom is -0.478 e. The van der Waals surface area contributed by atoms with Crippen LogP contribution in [-0.2, 0) is 4.74 Å². The van der Waals surface area contributed by atoms with Gasteiger partial charge in [-0.15, -0.1) is 0 Å². The molecule has 3 rings (SSSR count). The van der Waals surface area contributed by atoms with Crippen LogP contribution in [0.1, 0.15) is 20.7 Å². The van der Waals surface area contributed by atoms with Crippen molar-refractivity contribution in [3.05, 3.63) is 59.7 Å². The predicted molar refractivity (Wildman–Crippen MR) is 82.0 cm³/mol. The highest BCUT2D eigenvalue weighted by Gasteiger charge is 2.23. The molecule has 110 valence electrons. The Hall–Kier alpha value is -3.08. The molecule has 0 saturated heterocycles. The third-order valence-corrected chi connectivity index (χ3v) is 3.52. The SMILES string of the molecule is COC(=O)c1c(-c2ccccc2C(=O)O)[nH]c2ccccc12. The second-order valence-electron chi connectivity index (χ2n) is 4.76. The lowest BCUT2D eigenvalue weighted by Gasteiger charge is -2.06. The number of carboxylic acid groups (broad SMARTS) is 1. The molecule has 3 aromatic rings. The van der Waals surface area contributed by atoms with Gasteiger partial charge in [-0.3, -0.25) is 0 Å². The maximum atomic E-state index is 12.2. The van der Waals surface area contributed by atoms with E-state index >= 15 is 0 Å². The van der Waals surface area contributed by atoms with Gasteiger partial charge < -0.3 is 14.8 Å². The highest BCUT2D eigenvalue weighted by molar-refractivity contribution is 6.11. The Bertz CT molecular complexity index is 879. The third-order valence-electron chi connectivity index (χ3n) is 3.52. The van der Waals surface area contributed by atoms with Crippen LogP contribution in [0.2, 0.25) is 0 Å². The molecular formula is C17H13NO4. The van der Waals surface area contributed by atoms with Crippen molar-refractivity contribution in [2.45, 2.75) is 0 Å². The van der Waals surface area contributed by atoms with Gasteiger partial charge >= 0.3 is 11.9 Å². The van der Waals surface area contributed by atoms with E-state index < -0.39 is 11.9 Å². The van der Waals surface area contributed by atoms with Crippen molar-refractivity contribution >= 4 is 22.8 Å². The van der Waals surface area contributed by atoms with Gasteiger partial charge in [0.2, 0.25) is 0 Å². The number of aromatic nitrogens is 1. The van der Waals surface area contributed by atoms with E-state index in [1.165, 1.54) is 13.2 Å². The van der Waals surface area contributed by atoms with E-state index in [2.05, 4.69) is 4.98 Å². The number of esters is 1. The summed E-state index contributed by atoms with van der Waals surface area (Å²) in [5.74, 6) is -1.56. The van der Waals surface area contributed by atoms with Crippen molar-refractivity contribution in [3.63, 3.8) is 0 Å². The van der Waals surface area contributed by atoms with Gasteiger partial charge in [-0.2, -0.15) is 0 Å². The molecule has 0 unspecified atom stereocenters. The fourth-order valence-corrected chi connectivity index (χ4v) is 2.55. The van der Waals surface area contributed by atoms with E-state index in [1.54, 1.807) is 24.3 Å². The number of aromatic amines is 1. The second kappa shape index (κ2) is 5.37. The van der Waals surface area contributed by atoms with Crippen LogP contribution >= 0.6 is 0 Å². The zero-order valence-corrected chi connectivity index (χ0v) is 11.8. The standard InChI is InChI=1S/C17H13NO4/c1-22-17(21)14-12-8-4-5-9-13(12)18-15(14)10-6-2-3-7-11(10)16(19)20/h2-9,18H,1H3,(H,19,20). The van der Waals surface area contributed by atoms with E-state index in [9.17, 15) is 14.7 Å². The molecule has 0 fully saturated rings. The minimum absolute atomic E-state index is 0.124. The molecule has 0 aliphatic rings. The largest absolute Gasteiger partial charge is 0.478 e. The van der Waals surface area contributed by atoms with E-state index in [4.69, 9.17) is 4.74 Å². The van der Waals surface area contributed by atoms with E-state index in [0.29, 0.717) is 22.2 Å². The number of ether oxygens (including phenoxy) is 1. The first-order valence-corrected chi connectivity index (χ1v) is 6.65. The molecule has 5 nitrogen and oxygen atoms in total. The van der Waals surface area contributed by atoms with E-state index in [1.807, 2.05) is 18.2 Å². The monoisotopic (exact) mass is 295 g/mol. The van der Waals surface area contributed by atoms with Crippen LogP contribution in [0.5, 0.6) is 0 Å². The van der Waals surface area contributed by atoms with Crippen molar-refractivity contribution in [2.75, 3.05) is 7.11 Å². The summed E-state index contributed by atoms with van der Waals surface area (Å²) in [7, 11) is 1.30. The number of rotatable bonds is 3. The fourth-order valence-electron chi connectivity index (χ4n) is 2.55. The Labute approximate surface area is 126 Å². The molecule has 2 N–H and O–H groups in total. The molecule has 0 aliphatic carbocycles. The van der Waals surface area contributed by atoms with Gasteiger partial charge in [0.25, 0.3) is 0 Å². The van der Waals surface area contributed by atoms with E-state index in [-0.39, 0.29) is 5.56 Å². The summed E-state index contributed by atoms with van der Waals surface area (Å²) >= 11 is 0. The predicted octanol–water partition coefficient (Wildman–Crippen LogP) is 3.32. The summed E-state index contributed by atoms with van der Waals surface area (Å²) in [5, 5.41) is 10.1. The summed E-state index contributed by atoms with van der Waals surface area (Å²) in [6.45, 7) is 0. The molecule has 0 aliphatic heterocycles. The Morgan fingerprint density at radius 3 is 2.45 bits per heavy atom. The molecule has 0 bridgehead atoms. The number of aromatic carboxylic acids is 1. The number of carbonyl (C=O) groups is 2. The average Bonchev–Trinajstić information content (AvgIpc) is 2.93. The Morgan fingerprint density at radius 2 is 1.73 bits per heavy atom. The van der Waals surface area contributed by atoms with Gasteiger partial charge in [-0.1, -0.05) is 36.4 Å². The molecule has 1 heterocycles. The number of fused-ring (bicyclic) bond motifs is 1. The number of methoxy groups -OCH3 is 1. The summed E-state index contributed by atoms with van der Waals surface area (Å²) in [6, 6.07) is 13.8. The van der Waals surface area contributed by atoms with Crippen molar-refractivity contribution in [2.24, 2.45) is 0 Å². The van der Waals surface area contributed by atoms with Gasteiger partial charge in [0.1, 0.15) is 0 Å². The van der Waals surface area contributed by atoms with Crippen LogP contribution in [0.15, 0.2) is 48.5 Å². The zero-order valence-electron chi connectivity index (χ0n) is 11.8. The minimum atomic E-state index is -1.05. The highest BCUT2D eigenvalue weighted by atomic mass is 16.5. The van der Waals surface area contributed by atoms with Crippen LogP contribution in [0, 0.1) is 0 Å². The Morgan fingerprint density at radius 1 is 1.05 bits per heavy atom. The third kappa shape index (κ3) is 2.13. The smallest absolute Gasteiger partial charge is 0.340 e. The average molecular weight is 295 g/mol. The molecule has 0 amide bonds. The Kier molecular flexibility index (Phi) is 3.39. The molecular weight excluding hydrogens is 282 g/mol. The topological polar surface area (TPSA) is 79.4 Å². The lowest BCUT2D eigenvalue weighted by molar-refractivity contribution is 0.0602. The number of carboxylic acids is 1. The van der Waals surface area contributed by atoms with Gasteiger partial charge in [0, 0.05) is 16.5 Å². The zero-order chi connectivity index (χ0) is 15.7. The first-order chi connectivity index (χ1) is 10.6. The highest BCUT2D eigenvalue weighted by Crippen LogP contribution is 2.32. The molecule has 0 spiro atoms. The lowest BCUT2D eigenvalue weighted by atomic mass is 10.0. The van der Waals surface area contributed by atoms with Crippen LogP contribution in [-0.4, -0.2) is 29.1 Å². The number of hydrogen-bond acceptors (Lipinski definition) is 3. The molecule has 2 aromatic carbocycles. The first-order valence-electron chi connectivity index (χ1n) is 6.65. The molecule has 22 heavy (non-hydrogen) atoms. The summed E-state index contributed by atoms with van der Waals surface area (Å²) in [5.41, 5.74) is 2.11. The van der Waals surface area contributed by atoms with E-state index in [0.717, 1.165) is 5.52 Å². The lowest BCUT2D eigenvalue weighted by Crippen LogP contribution is -2.05.